The molecular formula is C10H10F2N4O2S2. The minimum absolute atomic E-state index is 0.00384. The summed E-state index contributed by atoms with van der Waals surface area (Å²) < 4.78 is 52.8. The van der Waals surface area contributed by atoms with Crippen LogP contribution in [-0.4, -0.2) is 18.6 Å². The normalized spacial score (nSPS) is 11.6. The van der Waals surface area contributed by atoms with Crippen LogP contribution in [0.1, 0.15) is 11.9 Å². The zero-order chi connectivity index (χ0) is 14.9. The smallest absolute Gasteiger partial charge is 0.266 e. The summed E-state index contributed by atoms with van der Waals surface area (Å²) in [6.45, 7) is 1.83. The molecule has 0 saturated carbocycles. The number of halogens is 2. The number of nitrogens with zero attached hydrogens (tertiary/aromatic N) is 2. The molecule has 1 aromatic carbocycles. The van der Waals surface area contributed by atoms with Crippen molar-refractivity contribution in [2.45, 2.75) is 18.2 Å². The lowest BCUT2D eigenvalue weighted by molar-refractivity contribution is 0.557. The number of hydrogen-bond acceptors (Lipinski definition) is 6. The van der Waals surface area contributed by atoms with E-state index in [1.165, 1.54) is 0 Å². The summed E-state index contributed by atoms with van der Waals surface area (Å²) in [4.78, 5) is -0.746. The van der Waals surface area contributed by atoms with E-state index >= 15 is 0 Å². The van der Waals surface area contributed by atoms with Gasteiger partial charge in [-0.1, -0.05) is 18.3 Å². The number of aromatic nitrogens is 2. The molecule has 0 saturated heterocycles. The van der Waals surface area contributed by atoms with Gasteiger partial charge in [-0.05, 0) is 18.6 Å². The van der Waals surface area contributed by atoms with E-state index in [4.69, 9.17) is 5.73 Å². The molecular weight excluding hydrogens is 310 g/mol. The van der Waals surface area contributed by atoms with Gasteiger partial charge in [0.1, 0.15) is 21.4 Å². The highest BCUT2D eigenvalue weighted by Crippen LogP contribution is 2.25. The van der Waals surface area contributed by atoms with E-state index in [2.05, 4.69) is 14.9 Å². The predicted molar refractivity (Wildman–Crippen MR) is 70.9 cm³/mol. The molecule has 0 fully saturated rings. The number of nitrogen functional groups attached to an aromatic ring is 1. The molecule has 0 bridgehead atoms. The van der Waals surface area contributed by atoms with Gasteiger partial charge in [0, 0.05) is 0 Å². The molecule has 1 aromatic heterocycles. The van der Waals surface area contributed by atoms with E-state index in [0.717, 1.165) is 23.5 Å². The first kappa shape index (κ1) is 14.6. The van der Waals surface area contributed by atoms with Crippen LogP contribution in [0.3, 0.4) is 0 Å². The van der Waals surface area contributed by atoms with Crippen LogP contribution in [0.2, 0.25) is 0 Å². The fraction of sp³-hybridized carbons (Fsp3) is 0.200. The third-order valence-corrected chi connectivity index (χ3v) is 4.84. The summed E-state index contributed by atoms with van der Waals surface area (Å²) >= 11 is 1.03. The largest absolute Gasteiger partial charge is 0.394 e. The maximum atomic E-state index is 13.7. The highest BCUT2D eigenvalue weighted by molar-refractivity contribution is 7.93. The number of nitrogens with one attached hydrogen (secondary N) is 1. The molecule has 0 radical (unpaired) electrons. The van der Waals surface area contributed by atoms with Crippen LogP contribution in [0.15, 0.2) is 17.0 Å². The van der Waals surface area contributed by atoms with Crippen molar-refractivity contribution in [3.63, 3.8) is 0 Å². The van der Waals surface area contributed by atoms with Gasteiger partial charge in [0.15, 0.2) is 5.82 Å². The number of nitrogens with two attached hydrogens (primary N) is 1. The highest BCUT2D eigenvalue weighted by atomic mass is 32.2. The van der Waals surface area contributed by atoms with E-state index in [1.54, 1.807) is 0 Å². The van der Waals surface area contributed by atoms with Crippen molar-refractivity contribution in [2.24, 2.45) is 0 Å². The zero-order valence-corrected chi connectivity index (χ0v) is 11.9. The van der Waals surface area contributed by atoms with E-state index in [0.29, 0.717) is 11.4 Å². The molecule has 3 N–H and O–H groups in total. The van der Waals surface area contributed by atoms with Gasteiger partial charge in [0.2, 0.25) is 5.13 Å². The van der Waals surface area contributed by atoms with Gasteiger partial charge < -0.3 is 5.73 Å². The topological polar surface area (TPSA) is 98.0 Å². The summed E-state index contributed by atoms with van der Waals surface area (Å²) in [5.74, 6) is -2.36. The molecule has 0 aliphatic carbocycles. The van der Waals surface area contributed by atoms with Crippen LogP contribution < -0.4 is 10.5 Å². The first-order valence-corrected chi connectivity index (χ1v) is 7.73. The maximum absolute atomic E-state index is 13.7. The Morgan fingerprint density at radius 3 is 2.65 bits per heavy atom. The van der Waals surface area contributed by atoms with Gasteiger partial charge in [-0.15, -0.1) is 10.2 Å². The second-order valence-electron chi connectivity index (χ2n) is 3.73. The van der Waals surface area contributed by atoms with E-state index < -0.39 is 32.2 Å². The molecule has 0 aliphatic rings. The number of hydrogen-bond donors (Lipinski definition) is 2. The van der Waals surface area contributed by atoms with Crippen LogP contribution in [0.5, 0.6) is 0 Å². The van der Waals surface area contributed by atoms with Crippen molar-refractivity contribution in [2.75, 3.05) is 10.5 Å². The summed E-state index contributed by atoms with van der Waals surface area (Å²) in [6, 6.07) is 1.58. The van der Waals surface area contributed by atoms with Crippen LogP contribution in [0.4, 0.5) is 19.6 Å². The fourth-order valence-corrected chi connectivity index (χ4v) is 3.36. The van der Waals surface area contributed by atoms with Crippen molar-refractivity contribution in [3.05, 3.63) is 28.8 Å². The molecule has 0 amide bonds. The second-order valence-corrected chi connectivity index (χ2v) is 6.45. The standard InChI is InChI=1S/C10H10F2N4O2S2/c1-2-7-14-15-10(19-7)16-20(17,18)6-4-3-5(11)9(13)8(6)12/h3-4H,2,13H2,1H3,(H,15,16). The molecule has 6 nitrogen and oxygen atoms in total. The average molecular weight is 320 g/mol. The van der Waals surface area contributed by atoms with Gasteiger partial charge in [0.25, 0.3) is 10.0 Å². The predicted octanol–water partition coefficient (Wildman–Crippen LogP) is 1.76. The fourth-order valence-electron chi connectivity index (χ4n) is 1.36. The quantitative estimate of drug-likeness (QED) is 0.837. The van der Waals surface area contributed by atoms with Crippen LogP contribution in [0.25, 0.3) is 0 Å². The molecule has 20 heavy (non-hydrogen) atoms. The molecule has 1 heterocycles. The van der Waals surface area contributed by atoms with Gasteiger partial charge in [-0.25, -0.2) is 17.2 Å². The third-order valence-electron chi connectivity index (χ3n) is 2.37. The zero-order valence-electron chi connectivity index (χ0n) is 10.2. The van der Waals surface area contributed by atoms with Gasteiger partial charge in [-0.3, -0.25) is 4.72 Å². The lowest BCUT2D eigenvalue weighted by atomic mass is 10.3. The Morgan fingerprint density at radius 1 is 1.35 bits per heavy atom. The maximum Gasteiger partial charge on any atom is 0.266 e. The number of sulfonamides is 1. The van der Waals surface area contributed by atoms with Gasteiger partial charge >= 0.3 is 0 Å². The number of aryl methyl sites for hydroxylation is 1. The Labute approximate surface area is 117 Å². The number of benzene rings is 1. The average Bonchev–Trinajstić information content (AvgIpc) is 2.82. The van der Waals surface area contributed by atoms with Gasteiger partial charge in [-0.2, -0.15) is 0 Å². The monoisotopic (exact) mass is 320 g/mol. The van der Waals surface area contributed by atoms with Crippen LogP contribution in [0, 0.1) is 11.6 Å². The van der Waals surface area contributed by atoms with E-state index in [-0.39, 0.29) is 5.13 Å². The van der Waals surface area contributed by atoms with Crippen molar-refractivity contribution >= 4 is 32.2 Å². The Bertz CT molecular complexity index is 746. The van der Waals surface area contributed by atoms with Crippen molar-refractivity contribution < 1.29 is 17.2 Å². The number of rotatable bonds is 4. The van der Waals surface area contributed by atoms with Crippen molar-refractivity contribution in [1.82, 2.24) is 10.2 Å². The summed E-state index contributed by atoms with van der Waals surface area (Å²) in [5.41, 5.74) is 4.28. The molecule has 10 heteroatoms. The summed E-state index contributed by atoms with van der Waals surface area (Å²) in [7, 11) is -4.24. The van der Waals surface area contributed by atoms with E-state index in [9.17, 15) is 17.2 Å². The van der Waals surface area contributed by atoms with Crippen LogP contribution >= 0.6 is 11.3 Å². The first-order chi connectivity index (χ1) is 9.35. The Morgan fingerprint density at radius 2 is 2.05 bits per heavy atom. The van der Waals surface area contributed by atoms with Crippen LogP contribution in [-0.2, 0) is 16.4 Å². The third kappa shape index (κ3) is 2.70. The summed E-state index contributed by atoms with van der Waals surface area (Å²) in [6.07, 6.45) is 0.594. The van der Waals surface area contributed by atoms with E-state index in [1.807, 2.05) is 6.92 Å². The van der Waals surface area contributed by atoms with Crippen molar-refractivity contribution in [3.8, 4) is 0 Å². The van der Waals surface area contributed by atoms with Crippen molar-refractivity contribution in [1.29, 1.82) is 0 Å². The molecule has 0 atom stereocenters. The minimum atomic E-state index is -4.24. The molecule has 2 aromatic rings. The Hall–Kier alpha value is -1.81. The highest BCUT2D eigenvalue weighted by Gasteiger charge is 2.23. The van der Waals surface area contributed by atoms with Gasteiger partial charge in [0.05, 0.1) is 0 Å². The SMILES string of the molecule is CCc1nnc(NS(=O)(=O)c2ccc(F)c(N)c2F)s1. The molecule has 0 aliphatic heterocycles. The molecule has 108 valence electrons. The summed E-state index contributed by atoms with van der Waals surface area (Å²) in [5, 5.41) is 7.98. The minimum Gasteiger partial charge on any atom is -0.394 e. The molecule has 2 rings (SSSR count). The Balaban J connectivity index is 2.38. The Kier molecular flexibility index (Phi) is 3.86. The second kappa shape index (κ2) is 5.29. The molecule has 0 unspecified atom stereocenters. The first-order valence-electron chi connectivity index (χ1n) is 5.44. The lowest BCUT2D eigenvalue weighted by Gasteiger charge is -2.07. The lowest BCUT2D eigenvalue weighted by Crippen LogP contribution is -2.15. The molecule has 0 spiro atoms. The number of anilines is 2.